The number of benzene rings is 1. The molecule has 1 heterocycles. The molecule has 0 aliphatic carbocycles. The predicted octanol–water partition coefficient (Wildman–Crippen LogP) is 3.19. The largest absolute Gasteiger partial charge is 0.486 e. The highest BCUT2D eigenvalue weighted by atomic mass is 32.1. The highest BCUT2D eigenvalue weighted by Crippen LogP contribution is 2.16. The lowest BCUT2D eigenvalue weighted by Crippen LogP contribution is -2.45. The molecule has 0 bridgehead atoms. The van der Waals surface area contributed by atoms with Gasteiger partial charge in [-0.05, 0) is 25.0 Å². The van der Waals surface area contributed by atoms with E-state index in [-0.39, 0.29) is 18.2 Å². The quantitative estimate of drug-likeness (QED) is 0.702. The number of aliphatic carboxylic acids is 1. The van der Waals surface area contributed by atoms with E-state index in [9.17, 15) is 14.7 Å². The van der Waals surface area contributed by atoms with E-state index >= 15 is 0 Å². The maximum absolute atomic E-state index is 12.1. The van der Waals surface area contributed by atoms with Crippen molar-refractivity contribution in [2.24, 2.45) is 5.92 Å². The van der Waals surface area contributed by atoms with E-state index in [1.807, 2.05) is 45.0 Å². The summed E-state index contributed by atoms with van der Waals surface area (Å²) in [7, 11) is 0. The molecule has 0 saturated carbocycles. The summed E-state index contributed by atoms with van der Waals surface area (Å²) in [6.45, 7) is 6.05. The first-order valence-corrected chi connectivity index (χ1v) is 9.42. The highest BCUT2D eigenvalue weighted by Gasteiger charge is 2.25. The van der Waals surface area contributed by atoms with E-state index in [0.717, 1.165) is 16.3 Å². The Hall–Kier alpha value is -2.41. The molecule has 7 heteroatoms. The van der Waals surface area contributed by atoms with Crippen molar-refractivity contribution in [3.05, 3.63) is 45.9 Å². The van der Waals surface area contributed by atoms with Gasteiger partial charge in [0.05, 0.1) is 12.1 Å². The lowest BCUT2D eigenvalue weighted by atomic mass is 9.99. The monoisotopic (exact) mass is 376 g/mol. The number of aryl methyl sites for hydroxylation is 1. The van der Waals surface area contributed by atoms with Gasteiger partial charge in [0, 0.05) is 5.38 Å². The normalized spacial score (nSPS) is 13.0. The highest BCUT2D eigenvalue weighted by molar-refractivity contribution is 7.09. The van der Waals surface area contributed by atoms with Crippen molar-refractivity contribution in [2.75, 3.05) is 0 Å². The summed E-state index contributed by atoms with van der Waals surface area (Å²) in [6, 6.07) is 6.87. The van der Waals surface area contributed by atoms with E-state index in [2.05, 4.69) is 10.3 Å². The molecule has 26 heavy (non-hydrogen) atoms. The topological polar surface area (TPSA) is 88.5 Å². The maximum Gasteiger partial charge on any atom is 0.326 e. The molecule has 140 valence electrons. The minimum absolute atomic E-state index is 0.0568. The van der Waals surface area contributed by atoms with E-state index in [4.69, 9.17) is 4.74 Å². The zero-order valence-corrected chi connectivity index (χ0v) is 16.0. The van der Waals surface area contributed by atoms with Crippen molar-refractivity contribution < 1.29 is 19.4 Å². The van der Waals surface area contributed by atoms with Crippen molar-refractivity contribution in [1.29, 1.82) is 0 Å². The molecule has 1 aromatic carbocycles. The summed E-state index contributed by atoms with van der Waals surface area (Å²) in [4.78, 5) is 27.8. The number of carbonyl (C=O) groups is 2. The smallest absolute Gasteiger partial charge is 0.326 e. The molecule has 0 aliphatic rings. The molecule has 2 N–H and O–H groups in total. The lowest BCUT2D eigenvalue weighted by Gasteiger charge is -2.19. The molecule has 0 unspecified atom stereocenters. The number of thiazole rings is 1. The van der Waals surface area contributed by atoms with Crippen molar-refractivity contribution >= 4 is 23.2 Å². The third-order valence-corrected chi connectivity index (χ3v) is 4.99. The van der Waals surface area contributed by atoms with Gasteiger partial charge in [0.2, 0.25) is 5.91 Å². The van der Waals surface area contributed by atoms with Crippen LogP contribution in [0.3, 0.4) is 0 Å². The summed E-state index contributed by atoms with van der Waals surface area (Å²) in [5.41, 5.74) is 1.78. The predicted molar refractivity (Wildman–Crippen MR) is 100 cm³/mol. The van der Waals surface area contributed by atoms with Gasteiger partial charge in [0.15, 0.2) is 0 Å². The third-order valence-electron chi connectivity index (χ3n) is 4.12. The zero-order chi connectivity index (χ0) is 19.1. The van der Waals surface area contributed by atoms with Crippen LogP contribution in [0.15, 0.2) is 29.6 Å². The Morgan fingerprint density at radius 3 is 2.62 bits per heavy atom. The Morgan fingerprint density at radius 1 is 1.31 bits per heavy atom. The standard InChI is InChI=1S/C19H24N2O4S/c1-4-13(3)18(19(23)24)21-16(22)9-14-11-26-17(20-14)10-25-15-7-5-12(2)6-8-15/h5-8,11,13,18H,4,9-10H2,1-3H3,(H,21,22)(H,23,24)/t13-,18-/m0/s1. The number of nitrogens with zero attached hydrogens (tertiary/aromatic N) is 1. The van der Waals surface area contributed by atoms with Crippen LogP contribution in [0, 0.1) is 12.8 Å². The fourth-order valence-corrected chi connectivity index (χ4v) is 3.05. The van der Waals surface area contributed by atoms with E-state index in [1.165, 1.54) is 11.3 Å². The average molecular weight is 376 g/mol. The van der Waals surface area contributed by atoms with Gasteiger partial charge in [0.25, 0.3) is 0 Å². The molecular formula is C19H24N2O4S. The van der Waals surface area contributed by atoms with Gasteiger partial charge >= 0.3 is 5.97 Å². The second-order valence-electron chi connectivity index (χ2n) is 6.28. The summed E-state index contributed by atoms with van der Waals surface area (Å²) < 4.78 is 5.68. The number of carbonyl (C=O) groups excluding carboxylic acids is 1. The number of carboxylic acid groups (broad SMARTS) is 1. The molecule has 1 amide bonds. The van der Waals surface area contributed by atoms with Gasteiger partial charge in [-0.3, -0.25) is 4.79 Å². The minimum atomic E-state index is -1.02. The maximum atomic E-state index is 12.1. The number of amides is 1. The van der Waals surface area contributed by atoms with E-state index in [1.54, 1.807) is 5.38 Å². The molecule has 0 radical (unpaired) electrons. The zero-order valence-electron chi connectivity index (χ0n) is 15.2. The Balaban J connectivity index is 1.87. The van der Waals surface area contributed by atoms with Gasteiger partial charge in [-0.2, -0.15) is 0 Å². The summed E-state index contributed by atoms with van der Waals surface area (Å²) >= 11 is 1.42. The average Bonchev–Trinajstić information content (AvgIpc) is 3.05. The number of nitrogens with one attached hydrogen (secondary N) is 1. The van der Waals surface area contributed by atoms with Crippen LogP contribution in [-0.2, 0) is 22.6 Å². The van der Waals surface area contributed by atoms with Crippen LogP contribution < -0.4 is 10.1 Å². The van der Waals surface area contributed by atoms with Gasteiger partial charge < -0.3 is 15.2 Å². The van der Waals surface area contributed by atoms with Crippen LogP contribution in [-0.4, -0.2) is 28.0 Å². The number of aromatic nitrogens is 1. The molecule has 0 spiro atoms. The van der Waals surface area contributed by atoms with Crippen molar-refractivity contribution in [2.45, 2.75) is 46.3 Å². The Morgan fingerprint density at radius 2 is 2.00 bits per heavy atom. The SMILES string of the molecule is CC[C@H](C)[C@H](NC(=O)Cc1csc(COc2ccc(C)cc2)n1)C(=O)O. The Bertz CT molecular complexity index is 742. The van der Waals surface area contributed by atoms with E-state index in [0.29, 0.717) is 18.7 Å². The first kappa shape index (κ1) is 19.9. The number of hydrogen-bond donors (Lipinski definition) is 2. The van der Waals surface area contributed by atoms with Crippen LogP contribution in [0.5, 0.6) is 5.75 Å². The molecule has 6 nitrogen and oxygen atoms in total. The summed E-state index contributed by atoms with van der Waals surface area (Å²) in [6.07, 6.45) is 0.732. The van der Waals surface area contributed by atoms with Gasteiger partial charge in [-0.15, -0.1) is 11.3 Å². The van der Waals surface area contributed by atoms with Gasteiger partial charge in [-0.25, -0.2) is 9.78 Å². The van der Waals surface area contributed by atoms with Crippen molar-refractivity contribution in [3.63, 3.8) is 0 Å². The Kier molecular flexibility index (Phi) is 7.15. The minimum Gasteiger partial charge on any atom is -0.486 e. The fraction of sp³-hybridized carbons (Fsp3) is 0.421. The first-order valence-electron chi connectivity index (χ1n) is 8.54. The second-order valence-corrected chi connectivity index (χ2v) is 7.22. The summed E-state index contributed by atoms with van der Waals surface area (Å²) in [5, 5.41) is 14.4. The lowest BCUT2D eigenvalue weighted by molar-refractivity contribution is -0.143. The number of hydrogen-bond acceptors (Lipinski definition) is 5. The van der Waals surface area contributed by atoms with Crippen LogP contribution in [0.4, 0.5) is 0 Å². The third kappa shape index (κ3) is 5.84. The fourth-order valence-electron chi connectivity index (χ4n) is 2.35. The molecule has 2 atom stereocenters. The molecule has 1 aromatic heterocycles. The van der Waals surface area contributed by atoms with Crippen LogP contribution >= 0.6 is 11.3 Å². The number of ether oxygens (including phenoxy) is 1. The van der Waals surface area contributed by atoms with Crippen molar-refractivity contribution in [3.8, 4) is 5.75 Å². The van der Waals surface area contributed by atoms with Gasteiger partial charge in [0.1, 0.15) is 23.4 Å². The molecule has 2 aromatic rings. The van der Waals surface area contributed by atoms with E-state index < -0.39 is 12.0 Å². The van der Waals surface area contributed by atoms with Crippen LogP contribution in [0.25, 0.3) is 0 Å². The number of carboxylic acids is 1. The first-order chi connectivity index (χ1) is 12.4. The van der Waals surface area contributed by atoms with Crippen LogP contribution in [0.2, 0.25) is 0 Å². The molecule has 0 saturated heterocycles. The molecular weight excluding hydrogens is 352 g/mol. The molecule has 0 aliphatic heterocycles. The van der Waals surface area contributed by atoms with Crippen molar-refractivity contribution in [1.82, 2.24) is 10.3 Å². The van der Waals surface area contributed by atoms with Crippen LogP contribution in [0.1, 0.15) is 36.5 Å². The second kappa shape index (κ2) is 9.33. The Labute approximate surface area is 157 Å². The van der Waals surface area contributed by atoms with Gasteiger partial charge in [-0.1, -0.05) is 38.0 Å². The number of rotatable bonds is 9. The summed E-state index contributed by atoms with van der Waals surface area (Å²) in [5.74, 6) is -0.722. The molecule has 0 fully saturated rings. The molecule has 2 rings (SSSR count).